The summed E-state index contributed by atoms with van der Waals surface area (Å²) in [6, 6.07) is 8.90. The summed E-state index contributed by atoms with van der Waals surface area (Å²) in [6.07, 6.45) is 1.78. The van der Waals surface area contributed by atoms with Crippen LogP contribution in [0.1, 0.15) is 25.3 Å². The van der Waals surface area contributed by atoms with Gasteiger partial charge >= 0.3 is 6.09 Å². The number of rotatable bonds is 8. The Morgan fingerprint density at radius 2 is 1.95 bits per heavy atom. The summed E-state index contributed by atoms with van der Waals surface area (Å²) >= 11 is 0. The van der Waals surface area contributed by atoms with Gasteiger partial charge in [0.15, 0.2) is 0 Å². The Morgan fingerprint density at radius 3 is 2.52 bits per heavy atom. The second-order valence-electron chi connectivity index (χ2n) is 4.68. The van der Waals surface area contributed by atoms with Gasteiger partial charge in [-0.3, -0.25) is 4.18 Å². The SMILES string of the molecule is CCCC(COS(C)(=O)=O)NC(=O)OCc1ccccc1. The first-order valence-electron chi connectivity index (χ1n) is 6.72. The molecule has 0 saturated heterocycles. The van der Waals surface area contributed by atoms with Gasteiger partial charge in [0.25, 0.3) is 10.1 Å². The first kappa shape index (κ1) is 17.5. The van der Waals surface area contributed by atoms with Crippen molar-refractivity contribution in [3.8, 4) is 0 Å². The third kappa shape index (κ3) is 8.31. The molecule has 1 aromatic carbocycles. The number of hydrogen-bond acceptors (Lipinski definition) is 5. The van der Waals surface area contributed by atoms with Crippen LogP contribution in [-0.2, 0) is 25.6 Å². The van der Waals surface area contributed by atoms with Gasteiger partial charge in [0.1, 0.15) is 6.61 Å². The molecule has 0 fully saturated rings. The van der Waals surface area contributed by atoms with Crippen LogP contribution in [-0.4, -0.2) is 33.4 Å². The van der Waals surface area contributed by atoms with E-state index in [-0.39, 0.29) is 13.2 Å². The highest BCUT2D eigenvalue weighted by atomic mass is 32.2. The van der Waals surface area contributed by atoms with Gasteiger partial charge in [-0.25, -0.2) is 4.79 Å². The molecule has 0 aromatic heterocycles. The first-order chi connectivity index (χ1) is 9.90. The molecule has 0 heterocycles. The summed E-state index contributed by atoms with van der Waals surface area (Å²) in [5.74, 6) is 0. The third-order valence-electron chi connectivity index (χ3n) is 2.66. The molecule has 6 nitrogen and oxygen atoms in total. The minimum atomic E-state index is -3.52. The average molecular weight is 315 g/mol. The maximum atomic E-state index is 11.7. The van der Waals surface area contributed by atoms with E-state index in [1.54, 1.807) is 0 Å². The number of benzene rings is 1. The monoisotopic (exact) mass is 315 g/mol. The summed E-state index contributed by atoms with van der Waals surface area (Å²) in [5, 5.41) is 2.61. The molecule has 0 spiro atoms. The first-order valence-corrected chi connectivity index (χ1v) is 8.54. The zero-order chi connectivity index (χ0) is 15.7. The van der Waals surface area contributed by atoms with Crippen LogP contribution in [0.3, 0.4) is 0 Å². The molecule has 0 bridgehead atoms. The van der Waals surface area contributed by atoms with Crippen molar-refractivity contribution in [2.24, 2.45) is 0 Å². The van der Waals surface area contributed by atoms with Crippen LogP contribution in [0.2, 0.25) is 0 Å². The maximum absolute atomic E-state index is 11.7. The molecule has 1 atom stereocenters. The molecule has 0 radical (unpaired) electrons. The van der Waals surface area contributed by atoms with Gasteiger partial charge in [0, 0.05) is 0 Å². The second kappa shape index (κ2) is 8.63. The minimum absolute atomic E-state index is 0.0902. The van der Waals surface area contributed by atoms with Gasteiger partial charge < -0.3 is 10.1 Å². The molecule has 0 aliphatic rings. The Kier molecular flexibility index (Phi) is 7.18. The summed E-state index contributed by atoms with van der Waals surface area (Å²) in [4.78, 5) is 11.7. The van der Waals surface area contributed by atoms with Crippen molar-refractivity contribution >= 4 is 16.2 Å². The lowest BCUT2D eigenvalue weighted by Crippen LogP contribution is -2.39. The van der Waals surface area contributed by atoms with E-state index in [1.165, 1.54) is 0 Å². The smallest absolute Gasteiger partial charge is 0.407 e. The van der Waals surface area contributed by atoms with Crippen LogP contribution in [0, 0.1) is 0 Å². The predicted octanol–water partition coefficient (Wildman–Crippen LogP) is 2.06. The highest BCUT2D eigenvalue weighted by Gasteiger charge is 2.15. The normalized spacial score (nSPS) is 12.7. The van der Waals surface area contributed by atoms with E-state index in [2.05, 4.69) is 5.32 Å². The Morgan fingerprint density at radius 1 is 1.29 bits per heavy atom. The van der Waals surface area contributed by atoms with Gasteiger partial charge in [-0.15, -0.1) is 0 Å². The van der Waals surface area contributed by atoms with Crippen molar-refractivity contribution in [3.05, 3.63) is 35.9 Å². The van der Waals surface area contributed by atoms with Crippen molar-refractivity contribution in [1.82, 2.24) is 5.32 Å². The Balaban J connectivity index is 2.41. The van der Waals surface area contributed by atoms with E-state index in [4.69, 9.17) is 8.92 Å². The quantitative estimate of drug-likeness (QED) is 0.743. The number of hydrogen-bond donors (Lipinski definition) is 1. The summed E-state index contributed by atoms with van der Waals surface area (Å²) in [5.41, 5.74) is 0.882. The molecule has 118 valence electrons. The van der Waals surface area contributed by atoms with Crippen molar-refractivity contribution in [3.63, 3.8) is 0 Å². The van der Waals surface area contributed by atoms with Gasteiger partial charge in [-0.05, 0) is 12.0 Å². The van der Waals surface area contributed by atoms with Crippen LogP contribution in [0.5, 0.6) is 0 Å². The fourth-order valence-electron chi connectivity index (χ4n) is 1.68. The van der Waals surface area contributed by atoms with E-state index in [0.717, 1.165) is 18.2 Å². The summed E-state index contributed by atoms with van der Waals surface area (Å²) in [6.45, 7) is 2.01. The molecule has 1 rings (SSSR count). The molecule has 1 aromatic rings. The zero-order valence-corrected chi connectivity index (χ0v) is 13.1. The highest BCUT2D eigenvalue weighted by Crippen LogP contribution is 2.03. The Labute approximate surface area is 125 Å². The van der Waals surface area contributed by atoms with Crippen molar-refractivity contribution < 1.29 is 22.1 Å². The highest BCUT2D eigenvalue weighted by molar-refractivity contribution is 7.85. The molecule has 0 saturated carbocycles. The number of nitrogens with one attached hydrogen (secondary N) is 1. The van der Waals surface area contributed by atoms with Crippen LogP contribution in [0.15, 0.2) is 30.3 Å². The van der Waals surface area contributed by atoms with Crippen LogP contribution < -0.4 is 5.32 Å². The number of ether oxygens (including phenoxy) is 1. The molecule has 0 aliphatic carbocycles. The van der Waals surface area contributed by atoms with E-state index in [0.29, 0.717) is 6.42 Å². The number of amides is 1. The molecule has 7 heteroatoms. The summed E-state index contributed by atoms with van der Waals surface area (Å²) in [7, 11) is -3.52. The number of carbonyl (C=O) groups excluding carboxylic acids is 1. The molecular weight excluding hydrogens is 294 g/mol. The molecule has 0 aliphatic heterocycles. The fourth-order valence-corrected chi connectivity index (χ4v) is 2.09. The Hall–Kier alpha value is -1.60. The van der Waals surface area contributed by atoms with Crippen molar-refractivity contribution in [2.45, 2.75) is 32.4 Å². The largest absolute Gasteiger partial charge is 0.445 e. The van der Waals surface area contributed by atoms with Gasteiger partial charge in [0.2, 0.25) is 0 Å². The standard InChI is InChI=1S/C14H21NO5S/c1-3-7-13(11-20-21(2,17)18)15-14(16)19-10-12-8-5-4-6-9-12/h4-6,8-9,13H,3,7,10-11H2,1-2H3,(H,15,16). The zero-order valence-electron chi connectivity index (χ0n) is 12.2. The van der Waals surface area contributed by atoms with Gasteiger partial charge in [-0.2, -0.15) is 8.42 Å². The van der Waals surface area contributed by atoms with Gasteiger partial charge in [-0.1, -0.05) is 43.7 Å². The molecule has 1 N–H and O–H groups in total. The third-order valence-corrected chi connectivity index (χ3v) is 3.22. The van der Waals surface area contributed by atoms with Gasteiger partial charge in [0.05, 0.1) is 18.9 Å². The van der Waals surface area contributed by atoms with E-state index >= 15 is 0 Å². The van der Waals surface area contributed by atoms with Crippen LogP contribution >= 0.6 is 0 Å². The topological polar surface area (TPSA) is 81.7 Å². The van der Waals surface area contributed by atoms with Crippen molar-refractivity contribution in [1.29, 1.82) is 0 Å². The summed E-state index contributed by atoms with van der Waals surface area (Å²) < 4.78 is 31.7. The lowest BCUT2D eigenvalue weighted by Gasteiger charge is -2.17. The molecule has 21 heavy (non-hydrogen) atoms. The van der Waals surface area contributed by atoms with E-state index in [9.17, 15) is 13.2 Å². The van der Waals surface area contributed by atoms with E-state index in [1.807, 2.05) is 37.3 Å². The minimum Gasteiger partial charge on any atom is -0.445 e. The van der Waals surface area contributed by atoms with Crippen LogP contribution in [0.4, 0.5) is 4.79 Å². The second-order valence-corrected chi connectivity index (χ2v) is 6.32. The molecule has 1 unspecified atom stereocenters. The predicted molar refractivity (Wildman–Crippen MR) is 79.3 cm³/mol. The number of alkyl carbamates (subject to hydrolysis) is 1. The lowest BCUT2D eigenvalue weighted by atomic mass is 10.2. The van der Waals surface area contributed by atoms with E-state index < -0.39 is 22.3 Å². The Bertz CT molecular complexity index is 530. The fraction of sp³-hybridized carbons (Fsp3) is 0.500. The van der Waals surface area contributed by atoms with Crippen LogP contribution in [0.25, 0.3) is 0 Å². The lowest BCUT2D eigenvalue weighted by molar-refractivity contribution is 0.130. The molecule has 1 amide bonds. The van der Waals surface area contributed by atoms with Crippen molar-refractivity contribution in [2.75, 3.05) is 12.9 Å². The average Bonchev–Trinajstić information content (AvgIpc) is 2.43. The maximum Gasteiger partial charge on any atom is 0.407 e. The molecular formula is C14H21NO5S. The number of carbonyl (C=O) groups is 1.